The van der Waals surface area contributed by atoms with Gasteiger partial charge in [0, 0.05) is 26.8 Å². The van der Waals surface area contributed by atoms with Gasteiger partial charge < -0.3 is 19.4 Å². The Hall–Kier alpha value is -1.49. The maximum absolute atomic E-state index is 11.8. The summed E-state index contributed by atoms with van der Waals surface area (Å²) in [4.78, 5) is 13.4. The first-order chi connectivity index (χ1) is 9.25. The average Bonchev–Trinajstić information content (AvgIpc) is 3.09. The molecular formula is C14H22N2O3. The molecular weight excluding hydrogens is 244 g/mol. The zero-order valence-electron chi connectivity index (χ0n) is 11.4. The number of amides is 2. The highest BCUT2D eigenvalue weighted by atomic mass is 16.5. The first-order valence-electron chi connectivity index (χ1n) is 6.85. The fraction of sp³-hybridized carbons (Fsp3) is 0.643. The summed E-state index contributed by atoms with van der Waals surface area (Å²) in [5.74, 6) is 1.58. The molecule has 1 aromatic heterocycles. The molecule has 5 heteroatoms. The van der Waals surface area contributed by atoms with Crippen LogP contribution in [0, 0.1) is 5.92 Å². The molecule has 5 nitrogen and oxygen atoms in total. The highest BCUT2D eigenvalue weighted by Gasteiger charge is 2.20. The van der Waals surface area contributed by atoms with E-state index in [1.54, 1.807) is 18.2 Å². The molecule has 0 aromatic carbocycles. The molecule has 19 heavy (non-hydrogen) atoms. The Balaban J connectivity index is 1.50. The number of rotatable bonds is 8. The van der Waals surface area contributed by atoms with E-state index < -0.39 is 0 Å². The van der Waals surface area contributed by atoms with Crippen LogP contribution in [-0.4, -0.2) is 37.7 Å². The predicted molar refractivity (Wildman–Crippen MR) is 71.7 cm³/mol. The van der Waals surface area contributed by atoms with Crippen molar-refractivity contribution in [3.05, 3.63) is 24.2 Å². The molecule has 106 valence electrons. The van der Waals surface area contributed by atoms with Gasteiger partial charge in [-0.25, -0.2) is 4.79 Å². The van der Waals surface area contributed by atoms with Gasteiger partial charge in [-0.1, -0.05) is 0 Å². The highest BCUT2D eigenvalue weighted by Crippen LogP contribution is 2.28. The van der Waals surface area contributed by atoms with E-state index in [4.69, 9.17) is 9.15 Å². The second kappa shape index (κ2) is 7.19. The van der Waals surface area contributed by atoms with E-state index in [9.17, 15) is 4.79 Å². The number of hydrogen-bond acceptors (Lipinski definition) is 3. The van der Waals surface area contributed by atoms with E-state index in [2.05, 4.69) is 5.32 Å². The average molecular weight is 266 g/mol. The van der Waals surface area contributed by atoms with E-state index in [-0.39, 0.29) is 6.03 Å². The Morgan fingerprint density at radius 3 is 3.11 bits per heavy atom. The van der Waals surface area contributed by atoms with Crippen molar-refractivity contribution >= 4 is 6.03 Å². The summed E-state index contributed by atoms with van der Waals surface area (Å²) in [6.45, 7) is 2.73. The van der Waals surface area contributed by atoms with Crippen LogP contribution in [-0.2, 0) is 11.3 Å². The van der Waals surface area contributed by atoms with Crippen molar-refractivity contribution in [3.63, 3.8) is 0 Å². The first-order valence-corrected chi connectivity index (χ1v) is 6.85. The fourth-order valence-corrected chi connectivity index (χ4v) is 1.75. The third kappa shape index (κ3) is 5.34. The Morgan fingerprint density at radius 1 is 1.58 bits per heavy atom. The standard InChI is InChI=1S/C14H22N2O3/c1-16(10-13-4-2-9-19-13)14(17)15-7-3-8-18-11-12-5-6-12/h2,4,9,12H,3,5-8,10-11H2,1H3,(H,15,17). The molecule has 1 aromatic rings. The second-order valence-corrected chi connectivity index (χ2v) is 5.04. The van der Waals surface area contributed by atoms with E-state index in [1.807, 2.05) is 12.1 Å². The lowest BCUT2D eigenvalue weighted by Gasteiger charge is -2.16. The molecule has 0 unspecified atom stereocenters. The molecule has 0 saturated heterocycles. The van der Waals surface area contributed by atoms with Crippen LogP contribution in [0.1, 0.15) is 25.0 Å². The van der Waals surface area contributed by atoms with Gasteiger partial charge in [0.05, 0.1) is 12.8 Å². The maximum Gasteiger partial charge on any atom is 0.317 e. The van der Waals surface area contributed by atoms with Crippen LogP contribution in [0.3, 0.4) is 0 Å². The molecule has 1 saturated carbocycles. The van der Waals surface area contributed by atoms with Crippen molar-refractivity contribution in [2.24, 2.45) is 5.92 Å². The van der Waals surface area contributed by atoms with Crippen LogP contribution < -0.4 is 5.32 Å². The number of hydrogen-bond donors (Lipinski definition) is 1. The molecule has 0 spiro atoms. The van der Waals surface area contributed by atoms with Crippen molar-refractivity contribution in [2.75, 3.05) is 26.8 Å². The number of furan rings is 1. The minimum absolute atomic E-state index is 0.0846. The number of urea groups is 1. The molecule has 1 N–H and O–H groups in total. The van der Waals surface area contributed by atoms with Gasteiger partial charge in [-0.2, -0.15) is 0 Å². The van der Waals surface area contributed by atoms with E-state index in [0.717, 1.165) is 31.3 Å². The third-order valence-electron chi connectivity index (χ3n) is 3.11. The summed E-state index contributed by atoms with van der Waals surface area (Å²) >= 11 is 0. The molecule has 0 bridgehead atoms. The van der Waals surface area contributed by atoms with Crippen LogP contribution in [0.25, 0.3) is 0 Å². The van der Waals surface area contributed by atoms with Crippen molar-refractivity contribution in [3.8, 4) is 0 Å². The molecule has 1 aliphatic carbocycles. The zero-order chi connectivity index (χ0) is 13.5. The van der Waals surface area contributed by atoms with Gasteiger partial charge in [0.25, 0.3) is 0 Å². The van der Waals surface area contributed by atoms with Gasteiger partial charge in [0.2, 0.25) is 0 Å². The smallest absolute Gasteiger partial charge is 0.317 e. The number of nitrogens with one attached hydrogen (secondary N) is 1. The monoisotopic (exact) mass is 266 g/mol. The van der Waals surface area contributed by atoms with Crippen molar-refractivity contribution in [1.82, 2.24) is 10.2 Å². The summed E-state index contributed by atoms with van der Waals surface area (Å²) in [5, 5.41) is 2.86. The normalized spacial score (nSPS) is 14.4. The highest BCUT2D eigenvalue weighted by molar-refractivity contribution is 5.73. The molecule has 1 aliphatic rings. The zero-order valence-corrected chi connectivity index (χ0v) is 11.4. The summed E-state index contributed by atoms with van der Waals surface area (Å²) in [6, 6.07) is 3.59. The van der Waals surface area contributed by atoms with Gasteiger partial charge in [-0.05, 0) is 37.3 Å². The largest absolute Gasteiger partial charge is 0.467 e. The Morgan fingerprint density at radius 2 is 2.42 bits per heavy atom. The summed E-state index contributed by atoms with van der Waals surface area (Å²) in [5.41, 5.74) is 0. The molecule has 0 aliphatic heterocycles. The van der Waals surface area contributed by atoms with Gasteiger partial charge >= 0.3 is 6.03 Å². The van der Waals surface area contributed by atoms with E-state index >= 15 is 0 Å². The molecule has 0 atom stereocenters. The molecule has 1 heterocycles. The quantitative estimate of drug-likeness (QED) is 0.734. The lowest BCUT2D eigenvalue weighted by Crippen LogP contribution is -2.37. The topological polar surface area (TPSA) is 54.7 Å². The predicted octanol–water partition coefficient (Wildman–Crippen LogP) is 2.24. The van der Waals surface area contributed by atoms with Gasteiger partial charge in [-0.3, -0.25) is 0 Å². The van der Waals surface area contributed by atoms with Gasteiger partial charge in [0.15, 0.2) is 0 Å². The number of carbonyl (C=O) groups excluding carboxylic acids is 1. The summed E-state index contributed by atoms with van der Waals surface area (Å²) in [6.07, 6.45) is 5.09. The van der Waals surface area contributed by atoms with Crippen LogP contribution in [0.2, 0.25) is 0 Å². The molecule has 2 amide bonds. The minimum Gasteiger partial charge on any atom is -0.467 e. The van der Waals surface area contributed by atoms with Crippen molar-refractivity contribution in [2.45, 2.75) is 25.8 Å². The lowest BCUT2D eigenvalue weighted by atomic mass is 10.4. The van der Waals surface area contributed by atoms with Crippen LogP contribution in [0.5, 0.6) is 0 Å². The Labute approximate surface area is 113 Å². The lowest BCUT2D eigenvalue weighted by molar-refractivity contribution is 0.122. The fourth-order valence-electron chi connectivity index (χ4n) is 1.75. The molecule has 1 fully saturated rings. The minimum atomic E-state index is -0.0846. The van der Waals surface area contributed by atoms with E-state index in [0.29, 0.717) is 13.1 Å². The molecule has 0 radical (unpaired) electrons. The Kier molecular flexibility index (Phi) is 5.27. The van der Waals surface area contributed by atoms with Gasteiger partial charge in [-0.15, -0.1) is 0 Å². The first kappa shape index (κ1) is 13.9. The summed E-state index contributed by atoms with van der Waals surface area (Å²) in [7, 11) is 1.75. The van der Waals surface area contributed by atoms with E-state index in [1.165, 1.54) is 12.8 Å². The SMILES string of the molecule is CN(Cc1ccco1)C(=O)NCCCOCC1CC1. The van der Waals surface area contributed by atoms with Crippen LogP contribution in [0.15, 0.2) is 22.8 Å². The third-order valence-corrected chi connectivity index (χ3v) is 3.11. The number of carbonyl (C=O) groups is 1. The second-order valence-electron chi connectivity index (χ2n) is 5.04. The number of ether oxygens (including phenoxy) is 1. The van der Waals surface area contributed by atoms with Crippen LogP contribution in [0.4, 0.5) is 4.79 Å². The van der Waals surface area contributed by atoms with Gasteiger partial charge in [0.1, 0.15) is 5.76 Å². The molecule has 2 rings (SSSR count). The summed E-state index contributed by atoms with van der Waals surface area (Å²) < 4.78 is 10.7. The Bertz CT molecular complexity index is 374. The maximum atomic E-state index is 11.8. The number of nitrogens with zero attached hydrogens (tertiary/aromatic N) is 1. The van der Waals surface area contributed by atoms with Crippen molar-refractivity contribution < 1.29 is 13.9 Å². The van der Waals surface area contributed by atoms with Crippen molar-refractivity contribution in [1.29, 1.82) is 0 Å². The van der Waals surface area contributed by atoms with Crippen LogP contribution >= 0.6 is 0 Å².